The third kappa shape index (κ3) is 8.08. The molecule has 1 N–H and O–H groups in total. The summed E-state index contributed by atoms with van der Waals surface area (Å²) in [5, 5.41) is 0. The zero-order chi connectivity index (χ0) is 12.6. The van der Waals surface area contributed by atoms with Crippen LogP contribution in [0.3, 0.4) is 0 Å². The first-order chi connectivity index (χ1) is 7.63. The van der Waals surface area contributed by atoms with Gasteiger partial charge in [0.15, 0.2) is 0 Å². The van der Waals surface area contributed by atoms with Gasteiger partial charge in [-0.2, -0.15) is 0 Å². The van der Waals surface area contributed by atoms with Crippen molar-refractivity contribution >= 4 is 5.78 Å². The fourth-order valence-electron chi connectivity index (χ4n) is 1.14. The van der Waals surface area contributed by atoms with Gasteiger partial charge in [-0.25, -0.2) is 0 Å². The van der Waals surface area contributed by atoms with Crippen molar-refractivity contribution in [3.8, 4) is 5.75 Å². The number of carbonyl (C=O) groups is 1. The van der Waals surface area contributed by atoms with Gasteiger partial charge in [0.2, 0.25) is 0 Å². The standard InChI is InChI=1S/C11H14NO2.C2H6.K/c1-8(13)11(12)7-9-3-5-10(14-2)6-4-9;1-2;/h3-6,11-12H,7H2,1-2H3;1-2H3;/q-1;;+1. The summed E-state index contributed by atoms with van der Waals surface area (Å²) in [6, 6.07) is 6.78. The summed E-state index contributed by atoms with van der Waals surface area (Å²) in [4.78, 5) is 10.9. The summed E-state index contributed by atoms with van der Waals surface area (Å²) in [5.74, 6) is 0.693. The summed E-state index contributed by atoms with van der Waals surface area (Å²) in [7, 11) is 1.61. The van der Waals surface area contributed by atoms with E-state index in [2.05, 4.69) is 0 Å². The van der Waals surface area contributed by atoms with E-state index >= 15 is 0 Å². The fraction of sp³-hybridized carbons (Fsp3) is 0.462. The normalized spacial score (nSPS) is 10.4. The molecule has 4 heteroatoms. The molecule has 0 saturated heterocycles. The second-order valence-electron chi connectivity index (χ2n) is 3.22. The number of hydrogen-bond acceptors (Lipinski definition) is 2. The van der Waals surface area contributed by atoms with E-state index in [1.807, 2.05) is 38.1 Å². The van der Waals surface area contributed by atoms with Crippen molar-refractivity contribution in [1.82, 2.24) is 0 Å². The minimum Gasteiger partial charge on any atom is -0.668 e. The SMILES string of the molecule is CC.COc1ccc(CC([NH-])C(C)=O)cc1.[K+]. The van der Waals surface area contributed by atoms with Crippen molar-refractivity contribution in [3.05, 3.63) is 35.6 Å². The van der Waals surface area contributed by atoms with Crippen LogP contribution in [0.1, 0.15) is 26.3 Å². The van der Waals surface area contributed by atoms with E-state index < -0.39 is 6.04 Å². The molecular weight excluding hydrogens is 241 g/mol. The first-order valence-corrected chi connectivity index (χ1v) is 5.48. The fourth-order valence-corrected chi connectivity index (χ4v) is 1.14. The summed E-state index contributed by atoms with van der Waals surface area (Å²) < 4.78 is 5.01. The number of benzene rings is 1. The maximum Gasteiger partial charge on any atom is 1.00 e. The van der Waals surface area contributed by atoms with Crippen LogP contribution in [0.15, 0.2) is 24.3 Å². The third-order valence-electron chi connectivity index (χ3n) is 2.09. The predicted octanol–water partition coefficient (Wildman–Crippen LogP) is 0.278. The molecule has 0 heterocycles. The number of Topliss-reactive ketones (excluding diaryl/α,β-unsaturated/α-hetero) is 1. The Morgan fingerprint density at radius 3 is 2.12 bits per heavy atom. The van der Waals surface area contributed by atoms with Crippen molar-refractivity contribution in [2.75, 3.05) is 7.11 Å². The molecule has 0 aliphatic heterocycles. The van der Waals surface area contributed by atoms with Gasteiger partial charge in [0.05, 0.1) is 7.11 Å². The molecule has 1 aromatic rings. The van der Waals surface area contributed by atoms with Crippen molar-refractivity contribution in [2.45, 2.75) is 33.2 Å². The van der Waals surface area contributed by atoms with Gasteiger partial charge in [0.1, 0.15) is 11.5 Å². The van der Waals surface area contributed by atoms with E-state index in [9.17, 15) is 4.79 Å². The van der Waals surface area contributed by atoms with Gasteiger partial charge < -0.3 is 15.3 Å². The van der Waals surface area contributed by atoms with Crippen LogP contribution in [0, 0.1) is 0 Å². The largest absolute Gasteiger partial charge is 1.00 e. The summed E-state index contributed by atoms with van der Waals surface area (Å²) in [6.07, 6.45) is 0.472. The minimum atomic E-state index is -0.650. The molecule has 1 aromatic carbocycles. The number of rotatable bonds is 4. The van der Waals surface area contributed by atoms with Crippen molar-refractivity contribution < 1.29 is 60.9 Å². The van der Waals surface area contributed by atoms with E-state index in [-0.39, 0.29) is 57.2 Å². The zero-order valence-electron chi connectivity index (χ0n) is 11.4. The maximum atomic E-state index is 10.9. The molecule has 0 bridgehead atoms. The Balaban J connectivity index is 0. The molecule has 0 amide bonds. The summed E-state index contributed by atoms with van der Waals surface area (Å²) in [6.45, 7) is 5.45. The maximum absolute atomic E-state index is 10.9. The molecule has 0 radical (unpaired) electrons. The van der Waals surface area contributed by atoms with Gasteiger partial charge in [0, 0.05) is 0 Å². The molecule has 0 saturated carbocycles. The Hall–Kier alpha value is 0.286. The van der Waals surface area contributed by atoms with Crippen LogP contribution in [-0.4, -0.2) is 18.9 Å². The molecular formula is C13H20KNO2. The molecule has 0 fully saturated rings. The van der Waals surface area contributed by atoms with Crippen LogP contribution in [0.2, 0.25) is 0 Å². The van der Waals surface area contributed by atoms with E-state index in [1.54, 1.807) is 7.11 Å². The van der Waals surface area contributed by atoms with E-state index in [0.717, 1.165) is 11.3 Å². The molecule has 0 aliphatic carbocycles. The van der Waals surface area contributed by atoms with Gasteiger partial charge >= 0.3 is 51.4 Å². The van der Waals surface area contributed by atoms with Crippen molar-refractivity contribution in [3.63, 3.8) is 0 Å². The van der Waals surface area contributed by atoms with E-state index in [4.69, 9.17) is 10.5 Å². The minimum absolute atomic E-state index is 0. The Bertz CT molecular complexity index is 312. The average Bonchev–Trinajstić information content (AvgIpc) is 2.32. The van der Waals surface area contributed by atoms with Crippen molar-refractivity contribution in [2.24, 2.45) is 0 Å². The topological polar surface area (TPSA) is 50.1 Å². The number of nitrogens with one attached hydrogen (secondary N) is 1. The summed E-state index contributed by atoms with van der Waals surface area (Å²) >= 11 is 0. The number of methoxy groups -OCH3 is 1. The molecule has 3 nitrogen and oxygen atoms in total. The number of ketones is 1. The Morgan fingerprint density at radius 1 is 1.29 bits per heavy atom. The van der Waals surface area contributed by atoms with E-state index in [0.29, 0.717) is 6.42 Å². The smallest absolute Gasteiger partial charge is 0.668 e. The van der Waals surface area contributed by atoms with Gasteiger partial charge in [-0.3, -0.25) is 0 Å². The molecule has 17 heavy (non-hydrogen) atoms. The first kappa shape index (κ1) is 19.6. The molecule has 1 atom stereocenters. The predicted molar refractivity (Wildman–Crippen MR) is 66.8 cm³/mol. The van der Waals surface area contributed by atoms with Gasteiger partial charge in [-0.1, -0.05) is 32.0 Å². The second-order valence-corrected chi connectivity index (χ2v) is 3.22. The Labute approximate surface area is 147 Å². The van der Waals surface area contributed by atoms with Crippen LogP contribution in [0.4, 0.5) is 0 Å². The quantitative estimate of drug-likeness (QED) is 0.731. The first-order valence-electron chi connectivity index (χ1n) is 5.48. The molecule has 0 aliphatic rings. The number of ether oxygens (including phenoxy) is 1. The summed E-state index contributed by atoms with van der Waals surface area (Å²) in [5.41, 5.74) is 8.47. The Morgan fingerprint density at radius 2 is 1.76 bits per heavy atom. The molecule has 0 aromatic heterocycles. The molecule has 1 rings (SSSR count). The number of hydrogen-bond donors (Lipinski definition) is 0. The molecule has 0 spiro atoms. The van der Waals surface area contributed by atoms with Crippen LogP contribution < -0.4 is 56.1 Å². The monoisotopic (exact) mass is 261 g/mol. The van der Waals surface area contributed by atoms with E-state index in [1.165, 1.54) is 6.92 Å². The number of carbonyl (C=O) groups excluding carboxylic acids is 1. The van der Waals surface area contributed by atoms with Crippen molar-refractivity contribution in [1.29, 1.82) is 0 Å². The van der Waals surface area contributed by atoms with Gasteiger partial charge in [-0.05, 0) is 31.0 Å². The van der Waals surface area contributed by atoms with Crippen LogP contribution >= 0.6 is 0 Å². The average molecular weight is 261 g/mol. The third-order valence-corrected chi connectivity index (χ3v) is 2.09. The van der Waals surface area contributed by atoms with Gasteiger partial charge in [0.25, 0.3) is 0 Å². The second kappa shape index (κ2) is 11.4. The van der Waals surface area contributed by atoms with Crippen LogP contribution in [-0.2, 0) is 11.2 Å². The van der Waals surface area contributed by atoms with Crippen LogP contribution in [0.25, 0.3) is 5.73 Å². The molecule has 1 unspecified atom stereocenters. The molecule has 90 valence electrons. The van der Waals surface area contributed by atoms with Gasteiger partial charge in [-0.15, -0.1) is 0 Å². The zero-order valence-corrected chi connectivity index (χ0v) is 14.5. The van der Waals surface area contributed by atoms with Crippen LogP contribution in [0.5, 0.6) is 5.75 Å². The Kier molecular flexibility index (Phi) is 13.1.